The van der Waals surface area contributed by atoms with E-state index in [1.165, 1.54) is 12.5 Å². The van der Waals surface area contributed by atoms with Gasteiger partial charge in [-0.15, -0.1) is 0 Å². The second-order valence-electron chi connectivity index (χ2n) is 5.83. The normalized spacial score (nSPS) is 29.0. The van der Waals surface area contributed by atoms with E-state index in [1.807, 2.05) is 0 Å². The second kappa shape index (κ2) is 5.40. The van der Waals surface area contributed by atoms with Crippen molar-refractivity contribution in [2.75, 3.05) is 0 Å². The molecule has 4 nitrogen and oxygen atoms in total. The molecule has 2 aliphatic rings. The van der Waals surface area contributed by atoms with E-state index in [-0.39, 0.29) is 17.5 Å². The van der Waals surface area contributed by atoms with Crippen LogP contribution in [0, 0.1) is 11.8 Å². The van der Waals surface area contributed by atoms with E-state index in [2.05, 4.69) is 20.7 Å². The van der Waals surface area contributed by atoms with Crippen LogP contribution >= 0.6 is 15.9 Å². The molecular formula is C14H18BrNO3S. The summed E-state index contributed by atoms with van der Waals surface area (Å²) in [5.41, 5.74) is 0.599. The van der Waals surface area contributed by atoms with Crippen molar-refractivity contribution in [3.8, 4) is 0 Å². The molecule has 2 saturated carbocycles. The largest absolute Gasteiger partial charge is 0.392 e. The molecule has 0 aliphatic heterocycles. The first kappa shape index (κ1) is 14.5. The number of fused-ring (bicyclic) bond motifs is 2. The Balaban J connectivity index is 1.84. The van der Waals surface area contributed by atoms with Crippen LogP contribution in [-0.2, 0) is 16.6 Å². The van der Waals surface area contributed by atoms with Crippen molar-refractivity contribution in [3.05, 3.63) is 28.2 Å². The summed E-state index contributed by atoms with van der Waals surface area (Å²) in [6, 6.07) is 4.98. The van der Waals surface area contributed by atoms with Crippen LogP contribution in [0.25, 0.3) is 0 Å². The Labute approximate surface area is 127 Å². The van der Waals surface area contributed by atoms with Gasteiger partial charge in [-0.05, 0) is 64.7 Å². The highest BCUT2D eigenvalue weighted by molar-refractivity contribution is 9.10. The van der Waals surface area contributed by atoms with E-state index in [9.17, 15) is 8.42 Å². The minimum absolute atomic E-state index is 0.0726. The van der Waals surface area contributed by atoms with E-state index in [1.54, 1.807) is 12.1 Å². The van der Waals surface area contributed by atoms with Gasteiger partial charge < -0.3 is 5.11 Å². The van der Waals surface area contributed by atoms with Crippen molar-refractivity contribution in [3.63, 3.8) is 0 Å². The Bertz CT molecular complexity index is 617. The van der Waals surface area contributed by atoms with Gasteiger partial charge in [0.05, 0.1) is 11.5 Å². The Hall–Kier alpha value is -0.430. The summed E-state index contributed by atoms with van der Waals surface area (Å²) in [7, 11) is -3.54. The average molecular weight is 360 g/mol. The van der Waals surface area contributed by atoms with Gasteiger partial charge >= 0.3 is 0 Å². The number of aliphatic hydroxyl groups is 1. The summed E-state index contributed by atoms with van der Waals surface area (Å²) in [6.07, 6.45) is 4.49. The predicted molar refractivity (Wildman–Crippen MR) is 79.6 cm³/mol. The molecule has 3 atom stereocenters. The van der Waals surface area contributed by atoms with Gasteiger partial charge in [0.15, 0.2) is 0 Å². The number of sulfonamides is 1. The predicted octanol–water partition coefficient (Wildman–Crippen LogP) is 2.41. The molecule has 3 unspecified atom stereocenters. The highest BCUT2D eigenvalue weighted by Crippen LogP contribution is 2.45. The molecule has 1 aromatic carbocycles. The van der Waals surface area contributed by atoms with E-state index < -0.39 is 10.0 Å². The quantitative estimate of drug-likeness (QED) is 0.867. The third-order valence-corrected chi connectivity index (χ3v) is 7.00. The fraction of sp³-hybridized carbons (Fsp3) is 0.571. The Morgan fingerprint density at radius 2 is 2.10 bits per heavy atom. The molecule has 20 heavy (non-hydrogen) atoms. The van der Waals surface area contributed by atoms with Gasteiger partial charge in [-0.25, -0.2) is 13.1 Å². The number of rotatable bonds is 4. The first-order chi connectivity index (χ1) is 9.49. The van der Waals surface area contributed by atoms with Gasteiger partial charge in [-0.1, -0.05) is 12.5 Å². The van der Waals surface area contributed by atoms with Crippen molar-refractivity contribution >= 4 is 26.0 Å². The van der Waals surface area contributed by atoms with Crippen LogP contribution in [0.5, 0.6) is 0 Å². The number of hydrogen-bond donors (Lipinski definition) is 2. The molecule has 2 bridgehead atoms. The van der Waals surface area contributed by atoms with Crippen LogP contribution in [0.4, 0.5) is 0 Å². The van der Waals surface area contributed by atoms with Crippen LogP contribution in [-0.4, -0.2) is 19.6 Å². The van der Waals surface area contributed by atoms with Crippen molar-refractivity contribution in [2.24, 2.45) is 11.8 Å². The monoisotopic (exact) mass is 359 g/mol. The zero-order valence-corrected chi connectivity index (χ0v) is 13.5. The average Bonchev–Trinajstić information content (AvgIpc) is 3.01. The number of benzene rings is 1. The molecule has 0 spiro atoms. The fourth-order valence-corrected chi connectivity index (χ4v) is 5.84. The van der Waals surface area contributed by atoms with Crippen LogP contribution in [0.2, 0.25) is 0 Å². The molecule has 3 rings (SSSR count). The van der Waals surface area contributed by atoms with Gasteiger partial charge in [-0.3, -0.25) is 0 Å². The molecule has 2 fully saturated rings. The lowest BCUT2D eigenvalue weighted by Crippen LogP contribution is -2.38. The molecule has 0 aromatic heterocycles. The van der Waals surface area contributed by atoms with E-state index in [0.29, 0.717) is 21.9 Å². The molecule has 0 amide bonds. The molecule has 2 N–H and O–H groups in total. The summed E-state index contributed by atoms with van der Waals surface area (Å²) in [5.74, 6) is 1.19. The van der Waals surface area contributed by atoms with Gasteiger partial charge in [0.1, 0.15) is 0 Å². The van der Waals surface area contributed by atoms with Gasteiger partial charge in [-0.2, -0.15) is 0 Å². The van der Waals surface area contributed by atoms with Gasteiger partial charge in [0.25, 0.3) is 0 Å². The highest BCUT2D eigenvalue weighted by atomic mass is 79.9. The molecule has 0 radical (unpaired) electrons. The van der Waals surface area contributed by atoms with Crippen LogP contribution in [0.1, 0.15) is 31.2 Å². The van der Waals surface area contributed by atoms with Crippen LogP contribution < -0.4 is 4.72 Å². The topological polar surface area (TPSA) is 66.4 Å². The standard InChI is InChI=1S/C14H18BrNO3S/c15-12-4-2-10(8-17)7-14(12)20(18,19)16-13-6-9-1-3-11(13)5-9/h2,4,7,9,11,13,16-17H,1,3,5-6,8H2. The maximum atomic E-state index is 12.5. The number of halogens is 1. The minimum atomic E-state index is -3.54. The van der Waals surface area contributed by atoms with Crippen LogP contribution in [0.15, 0.2) is 27.6 Å². The van der Waals surface area contributed by atoms with E-state index in [4.69, 9.17) is 5.11 Å². The molecule has 0 saturated heterocycles. The van der Waals surface area contributed by atoms with Crippen molar-refractivity contribution in [2.45, 2.75) is 43.2 Å². The van der Waals surface area contributed by atoms with Crippen molar-refractivity contribution in [1.82, 2.24) is 4.72 Å². The third-order valence-electron chi connectivity index (χ3n) is 4.51. The Morgan fingerprint density at radius 3 is 2.70 bits per heavy atom. The summed E-state index contributed by atoms with van der Waals surface area (Å²) in [6.45, 7) is -0.163. The smallest absolute Gasteiger partial charge is 0.241 e. The fourth-order valence-electron chi connectivity index (χ4n) is 3.50. The summed E-state index contributed by atoms with van der Waals surface area (Å²) < 4.78 is 28.4. The third kappa shape index (κ3) is 2.66. The summed E-state index contributed by atoms with van der Waals surface area (Å²) in [5, 5.41) is 9.16. The molecule has 6 heteroatoms. The SMILES string of the molecule is O=S(=O)(NC1CC2CCC1C2)c1cc(CO)ccc1Br. The Morgan fingerprint density at radius 1 is 1.30 bits per heavy atom. The Kier molecular flexibility index (Phi) is 3.92. The number of aliphatic hydroxyl groups excluding tert-OH is 1. The highest BCUT2D eigenvalue weighted by Gasteiger charge is 2.41. The van der Waals surface area contributed by atoms with E-state index in [0.717, 1.165) is 19.3 Å². The minimum Gasteiger partial charge on any atom is -0.392 e. The van der Waals surface area contributed by atoms with E-state index >= 15 is 0 Å². The summed E-state index contributed by atoms with van der Waals surface area (Å²) in [4.78, 5) is 0.215. The summed E-state index contributed by atoms with van der Waals surface area (Å²) >= 11 is 3.29. The van der Waals surface area contributed by atoms with Gasteiger partial charge in [0.2, 0.25) is 10.0 Å². The van der Waals surface area contributed by atoms with Gasteiger partial charge in [0, 0.05) is 10.5 Å². The van der Waals surface area contributed by atoms with Crippen molar-refractivity contribution < 1.29 is 13.5 Å². The molecule has 0 heterocycles. The van der Waals surface area contributed by atoms with Crippen molar-refractivity contribution in [1.29, 1.82) is 0 Å². The lowest BCUT2D eigenvalue weighted by molar-refractivity contribution is 0.281. The maximum Gasteiger partial charge on any atom is 0.241 e. The maximum absolute atomic E-state index is 12.5. The lowest BCUT2D eigenvalue weighted by Gasteiger charge is -2.23. The lowest BCUT2D eigenvalue weighted by atomic mass is 9.96. The molecule has 110 valence electrons. The van der Waals surface area contributed by atoms with Crippen LogP contribution in [0.3, 0.4) is 0 Å². The zero-order valence-electron chi connectivity index (χ0n) is 11.0. The first-order valence-corrected chi connectivity index (χ1v) is 9.19. The number of hydrogen-bond acceptors (Lipinski definition) is 3. The number of nitrogens with one attached hydrogen (secondary N) is 1. The zero-order chi connectivity index (χ0) is 14.3. The molecule has 2 aliphatic carbocycles. The first-order valence-electron chi connectivity index (χ1n) is 6.91. The molecular weight excluding hydrogens is 342 g/mol. The second-order valence-corrected chi connectivity index (χ2v) is 8.36. The molecule has 1 aromatic rings.